The van der Waals surface area contributed by atoms with Gasteiger partial charge in [0.25, 0.3) is 5.91 Å². The standard InChI is InChI=1S/C15H16FIN2O2/c1-2-11-14(20)18-13(8-3-4-8)15(21)19(11)12-6-5-9(16)7-10(12)17/h5-8,11,13H,2-4H2,1H3,(H,18,20). The molecule has 2 aliphatic rings. The number of piperazine rings is 1. The Morgan fingerprint density at radius 1 is 1.38 bits per heavy atom. The Kier molecular flexibility index (Phi) is 3.90. The molecule has 1 heterocycles. The van der Waals surface area contributed by atoms with E-state index in [0.29, 0.717) is 15.7 Å². The molecule has 21 heavy (non-hydrogen) atoms. The summed E-state index contributed by atoms with van der Waals surface area (Å²) in [5.74, 6) is -0.286. The Balaban J connectivity index is 2.01. The summed E-state index contributed by atoms with van der Waals surface area (Å²) in [4.78, 5) is 26.6. The second kappa shape index (κ2) is 5.55. The van der Waals surface area contributed by atoms with Gasteiger partial charge in [-0.05, 0) is 66.0 Å². The third-order valence-electron chi connectivity index (χ3n) is 4.06. The molecule has 1 N–H and O–H groups in total. The van der Waals surface area contributed by atoms with Crippen LogP contribution in [0.3, 0.4) is 0 Å². The fourth-order valence-corrected chi connectivity index (χ4v) is 3.55. The number of nitrogens with zero attached hydrogens (tertiary/aromatic N) is 1. The van der Waals surface area contributed by atoms with Gasteiger partial charge >= 0.3 is 0 Å². The van der Waals surface area contributed by atoms with E-state index in [-0.39, 0.29) is 23.5 Å². The first-order valence-corrected chi connectivity index (χ1v) is 8.19. The average molecular weight is 402 g/mol. The number of rotatable bonds is 3. The summed E-state index contributed by atoms with van der Waals surface area (Å²) >= 11 is 2.01. The van der Waals surface area contributed by atoms with Gasteiger partial charge in [-0.15, -0.1) is 0 Å². The summed E-state index contributed by atoms with van der Waals surface area (Å²) in [7, 11) is 0. The van der Waals surface area contributed by atoms with Crippen molar-refractivity contribution in [1.82, 2.24) is 5.32 Å². The van der Waals surface area contributed by atoms with Crippen molar-refractivity contribution in [1.29, 1.82) is 0 Å². The lowest BCUT2D eigenvalue weighted by Gasteiger charge is -2.39. The summed E-state index contributed by atoms with van der Waals surface area (Å²) in [6.07, 6.45) is 2.48. The molecule has 112 valence electrons. The maximum Gasteiger partial charge on any atom is 0.250 e. The average Bonchev–Trinajstić information content (AvgIpc) is 3.26. The van der Waals surface area contributed by atoms with Gasteiger partial charge in [-0.25, -0.2) is 4.39 Å². The highest BCUT2D eigenvalue weighted by Crippen LogP contribution is 2.37. The molecule has 4 nitrogen and oxygen atoms in total. The molecule has 2 atom stereocenters. The van der Waals surface area contributed by atoms with Crippen molar-refractivity contribution in [3.8, 4) is 0 Å². The molecule has 1 saturated carbocycles. The Labute approximate surface area is 136 Å². The number of anilines is 1. The van der Waals surface area contributed by atoms with E-state index < -0.39 is 12.1 Å². The smallest absolute Gasteiger partial charge is 0.250 e. The molecule has 0 spiro atoms. The Morgan fingerprint density at radius 2 is 2.10 bits per heavy atom. The highest BCUT2D eigenvalue weighted by molar-refractivity contribution is 14.1. The van der Waals surface area contributed by atoms with Crippen molar-refractivity contribution >= 4 is 40.1 Å². The summed E-state index contributed by atoms with van der Waals surface area (Å²) in [6, 6.07) is 3.35. The number of benzene rings is 1. The van der Waals surface area contributed by atoms with Crippen LogP contribution < -0.4 is 10.2 Å². The normalized spacial score (nSPS) is 26.0. The van der Waals surface area contributed by atoms with Gasteiger partial charge in [-0.2, -0.15) is 0 Å². The number of carbonyl (C=O) groups excluding carboxylic acids is 2. The predicted molar refractivity (Wildman–Crippen MR) is 85.3 cm³/mol. The van der Waals surface area contributed by atoms with Crippen molar-refractivity contribution in [2.24, 2.45) is 5.92 Å². The fourth-order valence-electron chi connectivity index (χ4n) is 2.81. The zero-order valence-electron chi connectivity index (χ0n) is 11.6. The van der Waals surface area contributed by atoms with Gasteiger partial charge in [0.15, 0.2) is 0 Å². The molecule has 1 aliphatic heterocycles. The minimum absolute atomic E-state index is 0.0755. The zero-order chi connectivity index (χ0) is 15.1. The molecule has 2 fully saturated rings. The lowest BCUT2D eigenvalue weighted by atomic mass is 10.0. The minimum atomic E-state index is -0.522. The van der Waals surface area contributed by atoms with E-state index in [1.165, 1.54) is 12.1 Å². The summed E-state index contributed by atoms with van der Waals surface area (Å²) < 4.78 is 13.9. The van der Waals surface area contributed by atoms with Crippen LogP contribution in [0.25, 0.3) is 0 Å². The molecule has 6 heteroatoms. The van der Waals surface area contributed by atoms with E-state index in [1.54, 1.807) is 11.0 Å². The second-order valence-corrected chi connectivity index (χ2v) is 6.71. The molecular weight excluding hydrogens is 386 g/mol. The van der Waals surface area contributed by atoms with Gasteiger partial charge in [-0.3, -0.25) is 14.5 Å². The van der Waals surface area contributed by atoms with Crippen LogP contribution in [0.4, 0.5) is 10.1 Å². The third kappa shape index (κ3) is 2.65. The minimum Gasteiger partial charge on any atom is -0.342 e. The Bertz CT molecular complexity index is 603. The van der Waals surface area contributed by atoms with Gasteiger partial charge in [0.05, 0.1) is 5.69 Å². The van der Waals surface area contributed by atoms with Crippen LogP contribution in [0.1, 0.15) is 26.2 Å². The highest BCUT2D eigenvalue weighted by Gasteiger charge is 2.47. The molecule has 2 unspecified atom stereocenters. The van der Waals surface area contributed by atoms with E-state index in [4.69, 9.17) is 0 Å². The molecule has 0 radical (unpaired) electrons. The van der Waals surface area contributed by atoms with E-state index in [1.807, 2.05) is 29.5 Å². The SMILES string of the molecule is CCC1C(=O)NC(C2CC2)C(=O)N1c1ccc(F)cc1I. The number of halogens is 2. The number of hydrogen-bond acceptors (Lipinski definition) is 2. The lowest BCUT2D eigenvalue weighted by Crippen LogP contribution is -2.64. The monoisotopic (exact) mass is 402 g/mol. The van der Waals surface area contributed by atoms with Crippen molar-refractivity contribution in [3.63, 3.8) is 0 Å². The van der Waals surface area contributed by atoms with Gasteiger partial charge in [0.2, 0.25) is 5.91 Å². The maximum atomic E-state index is 13.3. The maximum absolute atomic E-state index is 13.3. The second-order valence-electron chi connectivity index (χ2n) is 5.55. The van der Waals surface area contributed by atoms with Gasteiger partial charge in [-0.1, -0.05) is 6.92 Å². The number of nitrogens with one attached hydrogen (secondary N) is 1. The Morgan fingerprint density at radius 3 is 2.67 bits per heavy atom. The van der Waals surface area contributed by atoms with Crippen molar-refractivity contribution in [3.05, 3.63) is 27.6 Å². The van der Waals surface area contributed by atoms with Gasteiger partial charge in [0, 0.05) is 3.57 Å². The quantitative estimate of drug-likeness (QED) is 0.790. The van der Waals surface area contributed by atoms with E-state index >= 15 is 0 Å². The van der Waals surface area contributed by atoms with E-state index in [2.05, 4.69) is 5.32 Å². The topological polar surface area (TPSA) is 49.4 Å². The fraction of sp³-hybridized carbons (Fsp3) is 0.467. The summed E-state index contributed by atoms with van der Waals surface area (Å²) in [5.41, 5.74) is 0.620. The first kappa shape index (κ1) is 14.7. The lowest BCUT2D eigenvalue weighted by molar-refractivity contribution is -0.134. The molecule has 0 aromatic heterocycles. The number of hydrogen-bond donors (Lipinski definition) is 1. The van der Waals surface area contributed by atoms with Crippen LogP contribution in [0.2, 0.25) is 0 Å². The van der Waals surface area contributed by atoms with Crippen molar-refractivity contribution in [2.45, 2.75) is 38.3 Å². The van der Waals surface area contributed by atoms with E-state index in [0.717, 1.165) is 12.8 Å². The number of amides is 2. The Hall–Kier alpha value is -1.18. The first-order valence-electron chi connectivity index (χ1n) is 7.11. The molecular formula is C15H16FIN2O2. The molecule has 3 rings (SSSR count). The van der Waals surface area contributed by atoms with Crippen LogP contribution in [-0.2, 0) is 9.59 Å². The predicted octanol–water partition coefficient (Wildman–Crippen LogP) is 2.45. The summed E-state index contributed by atoms with van der Waals surface area (Å²) in [6.45, 7) is 1.87. The van der Waals surface area contributed by atoms with Crippen LogP contribution in [0.5, 0.6) is 0 Å². The molecule has 1 saturated heterocycles. The van der Waals surface area contributed by atoms with Crippen LogP contribution in [0.15, 0.2) is 18.2 Å². The molecule has 2 amide bonds. The van der Waals surface area contributed by atoms with Crippen LogP contribution in [-0.4, -0.2) is 23.9 Å². The first-order chi connectivity index (χ1) is 10.0. The van der Waals surface area contributed by atoms with Crippen molar-refractivity contribution < 1.29 is 14.0 Å². The number of carbonyl (C=O) groups is 2. The zero-order valence-corrected chi connectivity index (χ0v) is 13.8. The molecule has 1 aliphatic carbocycles. The summed E-state index contributed by atoms with van der Waals surface area (Å²) in [5, 5.41) is 2.85. The largest absolute Gasteiger partial charge is 0.342 e. The molecule has 1 aromatic rings. The van der Waals surface area contributed by atoms with Gasteiger partial charge < -0.3 is 5.32 Å². The van der Waals surface area contributed by atoms with Crippen molar-refractivity contribution in [2.75, 3.05) is 4.90 Å². The van der Waals surface area contributed by atoms with E-state index in [9.17, 15) is 14.0 Å². The van der Waals surface area contributed by atoms with Crippen LogP contribution in [0, 0.1) is 15.3 Å². The third-order valence-corrected chi connectivity index (χ3v) is 4.93. The van der Waals surface area contributed by atoms with Gasteiger partial charge in [0.1, 0.15) is 17.9 Å². The molecule has 1 aromatic carbocycles. The molecule has 0 bridgehead atoms. The highest BCUT2D eigenvalue weighted by atomic mass is 127. The van der Waals surface area contributed by atoms with Crippen LogP contribution >= 0.6 is 22.6 Å².